The van der Waals surface area contributed by atoms with E-state index in [1.165, 1.54) is 6.07 Å². The molecule has 0 aliphatic carbocycles. The van der Waals surface area contributed by atoms with Gasteiger partial charge in [0.25, 0.3) is 0 Å². The highest BCUT2D eigenvalue weighted by atomic mass is 16.6. The first-order valence-electron chi connectivity index (χ1n) is 6.11. The normalized spacial score (nSPS) is 16.9. The van der Waals surface area contributed by atoms with Crippen molar-refractivity contribution in [3.05, 3.63) is 48.5 Å². The summed E-state index contributed by atoms with van der Waals surface area (Å²) in [6, 6.07) is 14.4. The van der Waals surface area contributed by atoms with Gasteiger partial charge in [-0.05, 0) is 24.3 Å². The molecule has 1 fully saturated rings. The second-order valence-corrected chi connectivity index (χ2v) is 4.31. The van der Waals surface area contributed by atoms with Crippen LogP contribution in [0.4, 0.5) is 0 Å². The summed E-state index contributed by atoms with van der Waals surface area (Å²) in [7, 11) is 0. The molecule has 0 spiro atoms. The van der Waals surface area contributed by atoms with Gasteiger partial charge in [0.1, 0.15) is 24.2 Å². The van der Waals surface area contributed by atoms with Gasteiger partial charge in [-0.1, -0.05) is 18.2 Å². The molecule has 3 rings (SSSR count). The molecule has 1 unspecified atom stereocenters. The fraction of sp³-hybridized carbons (Fsp3) is 0.200. The molecule has 2 aromatic carbocycles. The van der Waals surface area contributed by atoms with Crippen molar-refractivity contribution in [2.24, 2.45) is 0 Å². The predicted octanol–water partition coefficient (Wildman–Crippen LogP) is 2.96. The van der Waals surface area contributed by atoms with Crippen LogP contribution in [0.25, 0.3) is 0 Å². The van der Waals surface area contributed by atoms with E-state index in [1.54, 1.807) is 12.1 Å². The summed E-state index contributed by atoms with van der Waals surface area (Å²) in [4.78, 5) is 0. The summed E-state index contributed by atoms with van der Waals surface area (Å²) in [5.74, 6) is 1.80. The molecule has 0 aromatic heterocycles. The summed E-state index contributed by atoms with van der Waals surface area (Å²) >= 11 is 0. The van der Waals surface area contributed by atoms with Gasteiger partial charge in [0.15, 0.2) is 11.5 Å². The van der Waals surface area contributed by atoms with Gasteiger partial charge in [-0.2, -0.15) is 0 Å². The molecule has 19 heavy (non-hydrogen) atoms. The zero-order chi connectivity index (χ0) is 13.1. The maximum atomic E-state index is 9.86. The summed E-state index contributed by atoms with van der Waals surface area (Å²) < 4.78 is 16.1. The fourth-order valence-corrected chi connectivity index (χ4v) is 1.65. The molecular formula is C15H14O4. The summed E-state index contributed by atoms with van der Waals surface area (Å²) in [6.45, 7) is 1.20. The third-order valence-electron chi connectivity index (χ3n) is 2.74. The Morgan fingerprint density at radius 3 is 2.58 bits per heavy atom. The lowest BCUT2D eigenvalue weighted by Gasteiger charge is -2.09. The summed E-state index contributed by atoms with van der Waals surface area (Å²) in [6.07, 6.45) is 0.166. The van der Waals surface area contributed by atoms with Crippen LogP contribution in [-0.4, -0.2) is 24.4 Å². The lowest BCUT2D eigenvalue weighted by atomic mass is 10.3. The van der Waals surface area contributed by atoms with Crippen molar-refractivity contribution in [2.45, 2.75) is 6.10 Å². The van der Waals surface area contributed by atoms with Crippen LogP contribution in [0.3, 0.4) is 0 Å². The largest absolute Gasteiger partial charge is 0.504 e. The molecule has 2 aromatic rings. The van der Waals surface area contributed by atoms with Crippen LogP contribution >= 0.6 is 0 Å². The van der Waals surface area contributed by atoms with Gasteiger partial charge in [0.05, 0.1) is 6.61 Å². The molecule has 1 N–H and O–H groups in total. The number of phenols is 1. The Morgan fingerprint density at radius 1 is 1.11 bits per heavy atom. The minimum absolute atomic E-state index is 0.0640. The zero-order valence-electron chi connectivity index (χ0n) is 10.3. The highest BCUT2D eigenvalue weighted by Crippen LogP contribution is 2.32. The van der Waals surface area contributed by atoms with Crippen LogP contribution in [0.15, 0.2) is 48.5 Å². The van der Waals surface area contributed by atoms with Gasteiger partial charge < -0.3 is 19.3 Å². The van der Waals surface area contributed by atoms with Crippen LogP contribution in [0.2, 0.25) is 0 Å². The lowest BCUT2D eigenvalue weighted by Crippen LogP contribution is -2.04. The predicted molar refractivity (Wildman–Crippen MR) is 69.9 cm³/mol. The van der Waals surface area contributed by atoms with Crippen LogP contribution in [0.5, 0.6) is 23.0 Å². The second kappa shape index (κ2) is 5.20. The van der Waals surface area contributed by atoms with Crippen LogP contribution in [-0.2, 0) is 4.74 Å². The van der Waals surface area contributed by atoms with Gasteiger partial charge in [0.2, 0.25) is 0 Å². The number of hydrogen-bond donors (Lipinski definition) is 1. The zero-order valence-corrected chi connectivity index (χ0v) is 10.3. The monoisotopic (exact) mass is 258 g/mol. The molecule has 98 valence electrons. The maximum Gasteiger partial charge on any atom is 0.161 e. The highest BCUT2D eigenvalue weighted by molar-refractivity contribution is 5.45. The van der Waals surface area contributed by atoms with E-state index in [4.69, 9.17) is 14.2 Å². The number of rotatable bonds is 5. The molecule has 4 nitrogen and oxygen atoms in total. The minimum Gasteiger partial charge on any atom is -0.504 e. The van der Waals surface area contributed by atoms with E-state index in [-0.39, 0.29) is 11.9 Å². The molecule has 1 atom stereocenters. The van der Waals surface area contributed by atoms with Crippen molar-refractivity contribution in [3.8, 4) is 23.0 Å². The number of benzene rings is 2. The number of para-hydroxylation sites is 1. The average Bonchev–Trinajstić information content (AvgIpc) is 3.23. The van der Waals surface area contributed by atoms with E-state index >= 15 is 0 Å². The Morgan fingerprint density at radius 2 is 1.89 bits per heavy atom. The van der Waals surface area contributed by atoms with Gasteiger partial charge in [-0.25, -0.2) is 0 Å². The lowest BCUT2D eigenvalue weighted by molar-refractivity contribution is 0.253. The molecule has 0 amide bonds. The molecule has 0 bridgehead atoms. The highest BCUT2D eigenvalue weighted by Gasteiger charge is 2.23. The molecule has 0 saturated carbocycles. The quantitative estimate of drug-likeness (QED) is 0.838. The first kappa shape index (κ1) is 11.9. The van der Waals surface area contributed by atoms with Crippen LogP contribution in [0, 0.1) is 0 Å². The van der Waals surface area contributed by atoms with Crippen molar-refractivity contribution in [1.82, 2.24) is 0 Å². The van der Waals surface area contributed by atoms with Crippen LogP contribution in [0.1, 0.15) is 0 Å². The topological polar surface area (TPSA) is 51.2 Å². The van der Waals surface area contributed by atoms with Gasteiger partial charge in [-0.15, -0.1) is 0 Å². The maximum absolute atomic E-state index is 9.86. The van der Waals surface area contributed by atoms with Crippen LogP contribution < -0.4 is 9.47 Å². The van der Waals surface area contributed by atoms with Crippen molar-refractivity contribution >= 4 is 0 Å². The first-order valence-corrected chi connectivity index (χ1v) is 6.11. The molecule has 1 aliphatic rings. The Balaban J connectivity index is 1.67. The minimum atomic E-state index is 0.0640. The number of aromatic hydroxyl groups is 1. The van der Waals surface area contributed by atoms with Crippen molar-refractivity contribution in [3.63, 3.8) is 0 Å². The fourth-order valence-electron chi connectivity index (χ4n) is 1.65. The van der Waals surface area contributed by atoms with E-state index in [0.717, 1.165) is 12.4 Å². The molecule has 1 aliphatic heterocycles. The molecular weight excluding hydrogens is 244 g/mol. The number of hydrogen-bond acceptors (Lipinski definition) is 4. The number of ether oxygens (including phenoxy) is 3. The Hall–Kier alpha value is -2.20. The van der Waals surface area contributed by atoms with E-state index in [1.807, 2.05) is 30.3 Å². The standard InChI is InChI=1S/C15H14O4/c16-14-8-12(19-11-4-2-1-3-5-11)6-7-15(14)18-10-13-9-17-13/h1-8,13,16H,9-10H2. The smallest absolute Gasteiger partial charge is 0.161 e. The van der Waals surface area contributed by atoms with E-state index in [0.29, 0.717) is 18.1 Å². The number of epoxide rings is 1. The van der Waals surface area contributed by atoms with E-state index in [2.05, 4.69) is 0 Å². The average molecular weight is 258 g/mol. The van der Waals surface area contributed by atoms with Crippen molar-refractivity contribution in [1.29, 1.82) is 0 Å². The first-order chi connectivity index (χ1) is 9.31. The molecule has 4 heteroatoms. The summed E-state index contributed by atoms with van der Waals surface area (Å²) in [5.41, 5.74) is 0. The van der Waals surface area contributed by atoms with Gasteiger partial charge in [0, 0.05) is 6.07 Å². The van der Waals surface area contributed by atoms with Gasteiger partial charge >= 0.3 is 0 Å². The number of phenolic OH excluding ortho intramolecular Hbond substituents is 1. The Kier molecular flexibility index (Phi) is 3.25. The van der Waals surface area contributed by atoms with E-state index in [9.17, 15) is 5.11 Å². The molecule has 0 radical (unpaired) electrons. The van der Waals surface area contributed by atoms with Crippen molar-refractivity contribution in [2.75, 3.05) is 13.2 Å². The third-order valence-corrected chi connectivity index (χ3v) is 2.74. The van der Waals surface area contributed by atoms with Gasteiger partial charge in [-0.3, -0.25) is 0 Å². The third kappa shape index (κ3) is 3.17. The van der Waals surface area contributed by atoms with E-state index < -0.39 is 0 Å². The summed E-state index contributed by atoms with van der Waals surface area (Å²) in [5, 5.41) is 9.86. The second-order valence-electron chi connectivity index (χ2n) is 4.31. The molecule has 1 heterocycles. The Bertz CT molecular complexity index is 549. The SMILES string of the molecule is Oc1cc(Oc2ccccc2)ccc1OCC1CO1. The Labute approximate surface area is 111 Å². The van der Waals surface area contributed by atoms with Crippen molar-refractivity contribution < 1.29 is 19.3 Å². The molecule has 1 saturated heterocycles.